The van der Waals surface area contributed by atoms with Crippen LogP contribution in [0.25, 0.3) is 0 Å². The quantitative estimate of drug-likeness (QED) is 0.871. The highest BCUT2D eigenvalue weighted by Gasteiger charge is 2.25. The molecule has 1 unspecified atom stereocenters. The summed E-state index contributed by atoms with van der Waals surface area (Å²) in [4.78, 5) is 2.30. The highest BCUT2D eigenvalue weighted by molar-refractivity contribution is 5.37. The zero-order chi connectivity index (χ0) is 12.3. The van der Waals surface area contributed by atoms with Crippen LogP contribution >= 0.6 is 0 Å². The summed E-state index contributed by atoms with van der Waals surface area (Å²) in [6.07, 6.45) is 2.38. The van der Waals surface area contributed by atoms with Gasteiger partial charge in [-0.3, -0.25) is 4.90 Å². The van der Waals surface area contributed by atoms with Crippen LogP contribution in [0.1, 0.15) is 24.4 Å². The van der Waals surface area contributed by atoms with Crippen LogP contribution in [0.3, 0.4) is 0 Å². The molecule has 0 saturated carbocycles. The van der Waals surface area contributed by atoms with Gasteiger partial charge >= 0.3 is 0 Å². The number of nitrogens with zero attached hydrogens (tertiary/aromatic N) is 1. The van der Waals surface area contributed by atoms with Crippen LogP contribution in [-0.4, -0.2) is 31.6 Å². The Labute approximate surface area is 101 Å². The summed E-state index contributed by atoms with van der Waals surface area (Å²) in [5.74, 6) is 0.479. The molecule has 17 heavy (non-hydrogen) atoms. The van der Waals surface area contributed by atoms with Crippen LogP contribution in [0.15, 0.2) is 18.2 Å². The summed E-state index contributed by atoms with van der Waals surface area (Å²) in [7, 11) is 1.61. The number of benzene rings is 1. The Morgan fingerprint density at radius 1 is 1.41 bits per heavy atom. The second kappa shape index (κ2) is 5.47. The summed E-state index contributed by atoms with van der Waals surface area (Å²) >= 11 is 0. The second-order valence-electron chi connectivity index (χ2n) is 4.38. The fourth-order valence-corrected chi connectivity index (χ4v) is 2.49. The summed E-state index contributed by atoms with van der Waals surface area (Å²) in [5, 5.41) is 0. The maximum absolute atomic E-state index is 13.4. The smallest absolute Gasteiger partial charge is 0.123 e. The molecule has 0 aromatic heterocycles. The molecular formula is C13H19FN2O. The molecule has 1 fully saturated rings. The molecule has 3 nitrogen and oxygen atoms in total. The highest BCUT2D eigenvalue weighted by atomic mass is 19.1. The highest BCUT2D eigenvalue weighted by Crippen LogP contribution is 2.31. The monoisotopic (exact) mass is 238 g/mol. The zero-order valence-corrected chi connectivity index (χ0v) is 10.2. The maximum Gasteiger partial charge on any atom is 0.123 e. The van der Waals surface area contributed by atoms with Crippen molar-refractivity contribution in [1.82, 2.24) is 4.90 Å². The molecular weight excluding hydrogens is 219 g/mol. The number of halogens is 1. The van der Waals surface area contributed by atoms with Crippen LogP contribution < -0.4 is 10.5 Å². The van der Waals surface area contributed by atoms with E-state index >= 15 is 0 Å². The van der Waals surface area contributed by atoms with E-state index in [-0.39, 0.29) is 11.9 Å². The molecule has 0 radical (unpaired) electrons. The normalized spacial score (nSPS) is 18.3. The molecule has 1 aromatic carbocycles. The van der Waals surface area contributed by atoms with Crippen molar-refractivity contribution < 1.29 is 9.13 Å². The molecule has 1 heterocycles. The third kappa shape index (κ3) is 2.58. The molecule has 0 bridgehead atoms. The Balaban J connectivity index is 2.31. The zero-order valence-electron chi connectivity index (χ0n) is 10.2. The Hall–Kier alpha value is -1.13. The SMILES string of the molecule is COc1ccc(F)cc1C(CN)N1CCCC1. The molecule has 0 spiro atoms. The van der Waals surface area contributed by atoms with Crippen molar-refractivity contribution in [2.24, 2.45) is 5.73 Å². The first-order valence-electron chi connectivity index (χ1n) is 6.04. The first kappa shape index (κ1) is 12.3. The van der Waals surface area contributed by atoms with Gasteiger partial charge in [-0.2, -0.15) is 0 Å². The lowest BCUT2D eigenvalue weighted by atomic mass is 10.0. The van der Waals surface area contributed by atoms with Crippen LogP contribution in [0.4, 0.5) is 4.39 Å². The van der Waals surface area contributed by atoms with Crippen molar-refractivity contribution in [3.05, 3.63) is 29.6 Å². The average Bonchev–Trinajstić information content (AvgIpc) is 2.84. The van der Waals surface area contributed by atoms with Gasteiger partial charge in [-0.25, -0.2) is 4.39 Å². The number of likely N-dealkylation sites (tertiary alicyclic amines) is 1. The van der Waals surface area contributed by atoms with Crippen LogP contribution in [0.5, 0.6) is 5.75 Å². The van der Waals surface area contributed by atoms with Crippen molar-refractivity contribution in [3.63, 3.8) is 0 Å². The number of hydrogen-bond donors (Lipinski definition) is 1. The van der Waals surface area contributed by atoms with Gasteiger partial charge in [0.25, 0.3) is 0 Å². The number of hydrogen-bond acceptors (Lipinski definition) is 3. The minimum Gasteiger partial charge on any atom is -0.496 e. The lowest BCUT2D eigenvalue weighted by molar-refractivity contribution is 0.244. The van der Waals surface area contributed by atoms with E-state index in [1.165, 1.54) is 25.0 Å². The Morgan fingerprint density at radius 3 is 2.71 bits per heavy atom. The molecule has 0 aliphatic carbocycles. The fourth-order valence-electron chi connectivity index (χ4n) is 2.49. The van der Waals surface area contributed by atoms with Crippen molar-refractivity contribution in [3.8, 4) is 5.75 Å². The Bertz CT molecular complexity index is 378. The number of rotatable bonds is 4. The predicted octanol–water partition coefficient (Wildman–Crippen LogP) is 1.93. The predicted molar refractivity (Wildman–Crippen MR) is 65.6 cm³/mol. The van der Waals surface area contributed by atoms with E-state index in [9.17, 15) is 4.39 Å². The van der Waals surface area contributed by atoms with E-state index in [4.69, 9.17) is 10.5 Å². The molecule has 1 aromatic rings. The third-order valence-electron chi connectivity index (χ3n) is 3.36. The first-order chi connectivity index (χ1) is 8.26. The van der Waals surface area contributed by atoms with E-state index in [0.29, 0.717) is 12.3 Å². The van der Waals surface area contributed by atoms with Gasteiger partial charge in [0.15, 0.2) is 0 Å². The van der Waals surface area contributed by atoms with Crippen LogP contribution in [0.2, 0.25) is 0 Å². The summed E-state index contributed by atoms with van der Waals surface area (Å²) in [6, 6.07) is 4.68. The molecule has 0 amide bonds. The van der Waals surface area contributed by atoms with Crippen LogP contribution in [0, 0.1) is 5.82 Å². The Morgan fingerprint density at radius 2 is 2.12 bits per heavy atom. The van der Waals surface area contributed by atoms with Gasteiger partial charge in [-0.05, 0) is 44.1 Å². The average molecular weight is 238 g/mol. The molecule has 2 rings (SSSR count). The fraction of sp³-hybridized carbons (Fsp3) is 0.538. The third-order valence-corrected chi connectivity index (χ3v) is 3.36. The van der Waals surface area contributed by atoms with E-state index in [1.54, 1.807) is 13.2 Å². The molecule has 94 valence electrons. The van der Waals surface area contributed by atoms with Gasteiger partial charge in [0.1, 0.15) is 11.6 Å². The molecule has 4 heteroatoms. The van der Waals surface area contributed by atoms with Crippen molar-refractivity contribution in [2.45, 2.75) is 18.9 Å². The number of methoxy groups -OCH3 is 1. The summed E-state index contributed by atoms with van der Waals surface area (Å²) in [5.41, 5.74) is 6.70. The van der Waals surface area contributed by atoms with Gasteiger partial charge in [0.05, 0.1) is 13.2 Å². The van der Waals surface area contributed by atoms with Gasteiger partial charge < -0.3 is 10.5 Å². The Kier molecular flexibility index (Phi) is 3.97. The lowest BCUT2D eigenvalue weighted by Gasteiger charge is -2.27. The standard InChI is InChI=1S/C13H19FN2O/c1-17-13-5-4-10(14)8-11(13)12(9-15)16-6-2-3-7-16/h4-5,8,12H,2-3,6-7,9,15H2,1H3. The van der Waals surface area contributed by atoms with Crippen molar-refractivity contribution in [2.75, 3.05) is 26.7 Å². The minimum atomic E-state index is -0.238. The molecule has 1 saturated heterocycles. The lowest BCUT2D eigenvalue weighted by Crippen LogP contribution is -2.31. The van der Waals surface area contributed by atoms with E-state index < -0.39 is 0 Å². The maximum atomic E-state index is 13.4. The van der Waals surface area contributed by atoms with Gasteiger partial charge in [-0.1, -0.05) is 0 Å². The van der Waals surface area contributed by atoms with Gasteiger partial charge in [-0.15, -0.1) is 0 Å². The topological polar surface area (TPSA) is 38.5 Å². The van der Waals surface area contributed by atoms with Gasteiger partial charge in [0, 0.05) is 12.1 Å². The molecule has 1 atom stereocenters. The minimum absolute atomic E-state index is 0.0585. The molecule has 1 aliphatic rings. The first-order valence-corrected chi connectivity index (χ1v) is 6.04. The molecule has 2 N–H and O–H groups in total. The molecule has 1 aliphatic heterocycles. The second-order valence-corrected chi connectivity index (χ2v) is 4.38. The van der Waals surface area contributed by atoms with E-state index in [0.717, 1.165) is 18.7 Å². The largest absolute Gasteiger partial charge is 0.496 e. The van der Waals surface area contributed by atoms with E-state index in [2.05, 4.69) is 4.90 Å². The summed E-state index contributed by atoms with van der Waals surface area (Å²) in [6.45, 7) is 2.54. The number of ether oxygens (including phenoxy) is 1. The number of nitrogens with two attached hydrogens (primary N) is 1. The summed E-state index contributed by atoms with van der Waals surface area (Å²) < 4.78 is 18.6. The van der Waals surface area contributed by atoms with Crippen LogP contribution in [-0.2, 0) is 0 Å². The van der Waals surface area contributed by atoms with E-state index in [1.807, 2.05) is 0 Å². The van der Waals surface area contributed by atoms with Crippen molar-refractivity contribution in [1.29, 1.82) is 0 Å². The van der Waals surface area contributed by atoms with Crippen molar-refractivity contribution >= 4 is 0 Å². The van der Waals surface area contributed by atoms with Gasteiger partial charge in [0.2, 0.25) is 0 Å².